The van der Waals surface area contributed by atoms with Crippen molar-refractivity contribution in [2.24, 2.45) is 5.10 Å². The third-order valence-corrected chi connectivity index (χ3v) is 6.30. The minimum atomic E-state index is -0.428. The first kappa shape index (κ1) is 19.6. The Hall–Kier alpha value is -2.74. The van der Waals surface area contributed by atoms with Gasteiger partial charge in [0.15, 0.2) is 3.95 Å². The molecule has 0 unspecified atom stereocenters. The van der Waals surface area contributed by atoms with Crippen LogP contribution in [-0.4, -0.2) is 16.7 Å². The van der Waals surface area contributed by atoms with E-state index in [2.05, 4.69) is 16.6 Å². The van der Waals surface area contributed by atoms with Crippen LogP contribution in [-0.2, 0) is 6.42 Å². The third-order valence-electron chi connectivity index (χ3n) is 4.65. The SMILES string of the molecule is Nc1sc(=S)n(-c2ccccc2)c1C(=O)N/N=C/C1=C(Cl)c2ccccc2CC1. The van der Waals surface area contributed by atoms with Gasteiger partial charge in [0.05, 0.1) is 11.2 Å². The molecule has 1 heterocycles. The number of hydrazone groups is 1. The highest BCUT2D eigenvalue weighted by Gasteiger charge is 2.20. The minimum absolute atomic E-state index is 0.275. The monoisotopic (exact) mass is 440 g/mol. The van der Waals surface area contributed by atoms with Gasteiger partial charge in [-0.05, 0) is 53.9 Å². The smallest absolute Gasteiger partial charge is 0.291 e. The number of para-hydroxylation sites is 1. The van der Waals surface area contributed by atoms with Crippen LogP contribution in [0.4, 0.5) is 5.00 Å². The molecule has 3 aromatic rings. The van der Waals surface area contributed by atoms with E-state index in [1.807, 2.05) is 48.5 Å². The molecule has 0 saturated heterocycles. The lowest BCUT2D eigenvalue weighted by Crippen LogP contribution is -2.22. The van der Waals surface area contributed by atoms with Crippen molar-refractivity contribution in [3.8, 4) is 5.69 Å². The second-order valence-corrected chi connectivity index (χ2v) is 8.50. The first-order chi connectivity index (χ1) is 14.1. The zero-order chi connectivity index (χ0) is 20.4. The van der Waals surface area contributed by atoms with E-state index in [0.717, 1.165) is 29.7 Å². The summed E-state index contributed by atoms with van der Waals surface area (Å²) in [5, 5.41) is 5.12. The van der Waals surface area contributed by atoms with Gasteiger partial charge in [-0.15, -0.1) is 0 Å². The van der Waals surface area contributed by atoms with Crippen LogP contribution in [0.2, 0.25) is 0 Å². The average molecular weight is 441 g/mol. The maximum absolute atomic E-state index is 12.8. The van der Waals surface area contributed by atoms with E-state index >= 15 is 0 Å². The number of nitrogens with two attached hydrogens (primary N) is 1. The van der Waals surface area contributed by atoms with E-state index in [9.17, 15) is 4.79 Å². The molecule has 0 saturated carbocycles. The second kappa shape index (κ2) is 8.32. The zero-order valence-electron chi connectivity index (χ0n) is 15.3. The first-order valence-corrected chi connectivity index (χ1v) is 10.5. The maximum Gasteiger partial charge on any atom is 0.291 e. The van der Waals surface area contributed by atoms with Crippen LogP contribution in [0.25, 0.3) is 10.7 Å². The number of amides is 1. The number of rotatable bonds is 4. The van der Waals surface area contributed by atoms with Crippen LogP contribution in [0.15, 0.2) is 65.3 Å². The molecule has 0 spiro atoms. The van der Waals surface area contributed by atoms with E-state index < -0.39 is 5.91 Å². The number of nitrogens with one attached hydrogen (secondary N) is 1. The molecule has 0 atom stereocenters. The highest BCUT2D eigenvalue weighted by Crippen LogP contribution is 2.33. The number of thiazole rings is 1. The molecule has 1 aliphatic rings. The van der Waals surface area contributed by atoms with Gasteiger partial charge in [0, 0.05) is 5.69 Å². The molecule has 4 rings (SSSR count). The molecule has 0 radical (unpaired) electrons. The molecule has 0 aliphatic heterocycles. The van der Waals surface area contributed by atoms with Gasteiger partial charge in [-0.1, -0.05) is 65.4 Å². The summed E-state index contributed by atoms with van der Waals surface area (Å²) in [5.74, 6) is -0.428. The summed E-state index contributed by atoms with van der Waals surface area (Å²) in [6.07, 6.45) is 3.24. The molecular formula is C21H17ClN4OS2. The van der Waals surface area contributed by atoms with Crippen molar-refractivity contribution in [2.45, 2.75) is 12.8 Å². The Balaban J connectivity index is 1.58. The Kier molecular flexibility index (Phi) is 5.62. The lowest BCUT2D eigenvalue weighted by molar-refractivity contribution is 0.0949. The van der Waals surface area contributed by atoms with Crippen LogP contribution in [0, 0.1) is 3.95 Å². The van der Waals surface area contributed by atoms with Gasteiger partial charge in [0.2, 0.25) is 0 Å². The molecule has 5 nitrogen and oxygen atoms in total. The molecule has 146 valence electrons. The molecule has 1 aromatic heterocycles. The number of allylic oxidation sites excluding steroid dienone is 1. The third kappa shape index (κ3) is 3.89. The van der Waals surface area contributed by atoms with E-state index in [1.165, 1.54) is 16.9 Å². The number of carbonyl (C=O) groups excluding carboxylic acids is 1. The molecule has 0 fully saturated rings. The van der Waals surface area contributed by atoms with Crippen LogP contribution in [0.5, 0.6) is 0 Å². The Morgan fingerprint density at radius 2 is 1.90 bits per heavy atom. The normalized spacial score (nSPS) is 13.6. The van der Waals surface area contributed by atoms with Gasteiger partial charge in [-0.3, -0.25) is 9.36 Å². The standard InChI is InChI=1S/C21H17ClN4OS2/c22-17-14(11-10-13-6-4-5-9-16(13)17)12-24-25-20(27)18-19(23)29-21(28)26(18)15-7-2-1-3-8-15/h1-9,12H,10-11,23H2,(H,25,27)/b24-12+. The Labute approximate surface area is 182 Å². The summed E-state index contributed by atoms with van der Waals surface area (Å²) in [7, 11) is 0. The van der Waals surface area contributed by atoms with Gasteiger partial charge < -0.3 is 5.73 Å². The van der Waals surface area contributed by atoms with Crippen LogP contribution in [0.3, 0.4) is 0 Å². The predicted molar refractivity (Wildman–Crippen MR) is 122 cm³/mol. The maximum atomic E-state index is 12.8. The van der Waals surface area contributed by atoms with Crippen molar-refractivity contribution < 1.29 is 4.79 Å². The topological polar surface area (TPSA) is 72.4 Å². The quantitative estimate of drug-likeness (QED) is 0.334. The van der Waals surface area contributed by atoms with E-state index in [1.54, 1.807) is 10.8 Å². The zero-order valence-corrected chi connectivity index (χ0v) is 17.7. The summed E-state index contributed by atoms with van der Waals surface area (Å²) in [6, 6.07) is 17.4. The summed E-state index contributed by atoms with van der Waals surface area (Å²) in [4.78, 5) is 12.8. The Morgan fingerprint density at radius 3 is 2.69 bits per heavy atom. The number of halogens is 1. The summed E-state index contributed by atoms with van der Waals surface area (Å²) in [5.41, 5.74) is 12.8. The van der Waals surface area contributed by atoms with Gasteiger partial charge >= 0.3 is 0 Å². The van der Waals surface area contributed by atoms with Crippen molar-refractivity contribution in [1.29, 1.82) is 0 Å². The van der Waals surface area contributed by atoms with Crippen molar-refractivity contribution in [3.05, 3.63) is 80.9 Å². The fraction of sp³-hybridized carbons (Fsp3) is 0.0952. The summed E-state index contributed by atoms with van der Waals surface area (Å²) < 4.78 is 2.15. The fourth-order valence-electron chi connectivity index (χ4n) is 3.26. The molecule has 1 amide bonds. The number of nitrogen functional groups attached to an aromatic ring is 1. The van der Waals surface area contributed by atoms with Gasteiger partial charge in [0.25, 0.3) is 5.91 Å². The van der Waals surface area contributed by atoms with Crippen LogP contribution >= 0.6 is 35.2 Å². The highest BCUT2D eigenvalue weighted by atomic mass is 35.5. The van der Waals surface area contributed by atoms with E-state index in [-0.39, 0.29) is 5.69 Å². The number of anilines is 1. The molecule has 0 bridgehead atoms. The van der Waals surface area contributed by atoms with Crippen molar-refractivity contribution in [3.63, 3.8) is 0 Å². The number of hydrogen-bond acceptors (Lipinski definition) is 5. The van der Waals surface area contributed by atoms with Crippen LogP contribution in [0.1, 0.15) is 28.0 Å². The number of nitrogens with zero attached hydrogens (tertiary/aromatic N) is 2. The van der Waals surface area contributed by atoms with Gasteiger partial charge in [-0.25, -0.2) is 5.43 Å². The number of hydrogen-bond donors (Lipinski definition) is 2. The van der Waals surface area contributed by atoms with Crippen molar-refractivity contribution in [2.75, 3.05) is 5.73 Å². The number of fused-ring (bicyclic) bond motifs is 1. The van der Waals surface area contributed by atoms with Crippen LogP contribution < -0.4 is 11.2 Å². The highest BCUT2D eigenvalue weighted by molar-refractivity contribution is 7.73. The molecule has 8 heteroatoms. The van der Waals surface area contributed by atoms with E-state index in [0.29, 0.717) is 14.0 Å². The molecule has 1 aliphatic carbocycles. The summed E-state index contributed by atoms with van der Waals surface area (Å²) in [6.45, 7) is 0. The Morgan fingerprint density at radius 1 is 1.17 bits per heavy atom. The average Bonchev–Trinajstić information content (AvgIpc) is 3.04. The minimum Gasteiger partial charge on any atom is -0.389 e. The first-order valence-electron chi connectivity index (χ1n) is 8.93. The second-order valence-electron chi connectivity index (χ2n) is 6.45. The molecule has 29 heavy (non-hydrogen) atoms. The number of aryl methyl sites for hydroxylation is 1. The van der Waals surface area contributed by atoms with Crippen molar-refractivity contribution in [1.82, 2.24) is 9.99 Å². The molecule has 2 aromatic carbocycles. The Bertz CT molecular complexity index is 1190. The number of aromatic nitrogens is 1. The molecule has 3 N–H and O–H groups in total. The molecular weight excluding hydrogens is 424 g/mol. The number of benzene rings is 2. The summed E-state index contributed by atoms with van der Waals surface area (Å²) >= 11 is 13.1. The van der Waals surface area contributed by atoms with Gasteiger partial charge in [-0.2, -0.15) is 5.10 Å². The largest absolute Gasteiger partial charge is 0.389 e. The fourth-order valence-corrected chi connectivity index (χ4v) is 4.81. The lowest BCUT2D eigenvalue weighted by atomic mass is 9.92. The van der Waals surface area contributed by atoms with Gasteiger partial charge in [0.1, 0.15) is 10.7 Å². The van der Waals surface area contributed by atoms with Crippen molar-refractivity contribution >= 4 is 57.3 Å². The lowest BCUT2D eigenvalue weighted by Gasteiger charge is -2.17. The van der Waals surface area contributed by atoms with E-state index in [4.69, 9.17) is 29.6 Å². The predicted octanol–water partition coefficient (Wildman–Crippen LogP) is 5.16. The number of carbonyl (C=O) groups is 1.